The number of benzene rings is 1. The summed E-state index contributed by atoms with van der Waals surface area (Å²) in [7, 11) is 2.81. The van der Waals surface area contributed by atoms with Crippen molar-refractivity contribution in [2.24, 2.45) is 5.10 Å². The first-order chi connectivity index (χ1) is 9.24. The number of rotatable bonds is 4. The van der Waals surface area contributed by atoms with E-state index in [0.29, 0.717) is 11.3 Å². The monoisotopic (exact) mass is 260 g/mol. The third-order valence-corrected chi connectivity index (χ3v) is 2.38. The molecule has 0 fully saturated rings. The molecule has 2 rings (SSSR count). The molecule has 0 aliphatic carbocycles. The topological polar surface area (TPSA) is 78.6 Å². The molecule has 0 atom stereocenters. The first-order valence-electron chi connectivity index (χ1n) is 5.40. The molecule has 19 heavy (non-hydrogen) atoms. The average Bonchev–Trinajstić information content (AvgIpc) is 2.97. The Labute approximate surface area is 109 Å². The van der Waals surface area contributed by atoms with Crippen LogP contribution in [0.5, 0.6) is 5.75 Å². The predicted molar refractivity (Wildman–Crippen MR) is 67.3 cm³/mol. The first kappa shape index (κ1) is 12.7. The second-order valence-corrected chi connectivity index (χ2v) is 3.54. The van der Waals surface area contributed by atoms with E-state index in [1.807, 2.05) is 0 Å². The van der Waals surface area contributed by atoms with Crippen LogP contribution in [0, 0.1) is 0 Å². The number of carbonyl (C=O) groups is 1. The van der Waals surface area contributed by atoms with Gasteiger partial charge in [0.15, 0.2) is 0 Å². The van der Waals surface area contributed by atoms with E-state index in [9.17, 15) is 4.79 Å². The van der Waals surface area contributed by atoms with Gasteiger partial charge in [-0.05, 0) is 17.7 Å². The maximum Gasteiger partial charge on any atom is 0.341 e. The summed E-state index contributed by atoms with van der Waals surface area (Å²) < 4.78 is 11.3. The molecule has 7 nitrogen and oxygen atoms in total. The highest BCUT2D eigenvalue weighted by atomic mass is 16.5. The number of nitrogens with zero attached hydrogens (tertiary/aromatic N) is 4. The highest BCUT2D eigenvalue weighted by molar-refractivity contribution is 5.94. The summed E-state index contributed by atoms with van der Waals surface area (Å²) in [6, 6.07) is 5.06. The molecular formula is C12H12N4O3. The lowest BCUT2D eigenvalue weighted by molar-refractivity contribution is 0.0597. The van der Waals surface area contributed by atoms with E-state index in [1.165, 1.54) is 31.6 Å². The minimum Gasteiger partial charge on any atom is -0.496 e. The van der Waals surface area contributed by atoms with Gasteiger partial charge in [0.1, 0.15) is 24.0 Å². The molecule has 0 radical (unpaired) electrons. The fourth-order valence-electron chi connectivity index (χ4n) is 1.45. The van der Waals surface area contributed by atoms with Crippen molar-refractivity contribution in [2.45, 2.75) is 0 Å². The summed E-state index contributed by atoms with van der Waals surface area (Å²) in [5, 5.41) is 11.4. The number of ether oxygens (including phenoxy) is 2. The number of esters is 1. The van der Waals surface area contributed by atoms with E-state index < -0.39 is 5.97 Å². The van der Waals surface area contributed by atoms with Crippen LogP contribution in [0.2, 0.25) is 0 Å². The Balaban J connectivity index is 2.26. The molecule has 1 aromatic heterocycles. The second kappa shape index (κ2) is 5.76. The zero-order valence-electron chi connectivity index (χ0n) is 10.5. The van der Waals surface area contributed by atoms with Crippen LogP contribution in [0.25, 0.3) is 0 Å². The molecule has 0 saturated carbocycles. The Morgan fingerprint density at radius 2 is 2.05 bits per heavy atom. The lowest BCUT2D eigenvalue weighted by atomic mass is 10.1. The lowest BCUT2D eigenvalue weighted by Gasteiger charge is -2.07. The van der Waals surface area contributed by atoms with E-state index in [1.54, 1.807) is 24.4 Å². The summed E-state index contributed by atoms with van der Waals surface area (Å²) in [6.07, 6.45) is 4.54. The van der Waals surface area contributed by atoms with Crippen molar-refractivity contribution in [2.75, 3.05) is 14.2 Å². The maximum atomic E-state index is 11.5. The Bertz CT molecular complexity index is 593. The van der Waals surface area contributed by atoms with Crippen molar-refractivity contribution in [3.8, 4) is 5.75 Å². The summed E-state index contributed by atoms with van der Waals surface area (Å²) in [5.41, 5.74) is 1.14. The quantitative estimate of drug-likeness (QED) is 0.604. The predicted octanol–water partition coefficient (Wildman–Crippen LogP) is 0.955. The molecule has 98 valence electrons. The fraction of sp³-hybridized carbons (Fsp3) is 0.167. The number of carbonyl (C=O) groups excluding carboxylic acids is 1. The van der Waals surface area contributed by atoms with Gasteiger partial charge in [0.2, 0.25) is 0 Å². The van der Waals surface area contributed by atoms with E-state index in [-0.39, 0.29) is 0 Å². The van der Waals surface area contributed by atoms with Crippen LogP contribution in [-0.2, 0) is 4.74 Å². The van der Waals surface area contributed by atoms with E-state index in [0.717, 1.165) is 5.56 Å². The van der Waals surface area contributed by atoms with Gasteiger partial charge in [0, 0.05) is 0 Å². The van der Waals surface area contributed by atoms with Gasteiger partial charge in [0.25, 0.3) is 0 Å². The van der Waals surface area contributed by atoms with Crippen LogP contribution < -0.4 is 4.74 Å². The number of hydrogen-bond donors (Lipinski definition) is 0. The number of methoxy groups -OCH3 is 2. The molecule has 1 aromatic carbocycles. The largest absolute Gasteiger partial charge is 0.496 e. The smallest absolute Gasteiger partial charge is 0.341 e. The molecule has 0 spiro atoms. The third-order valence-electron chi connectivity index (χ3n) is 2.38. The Kier molecular flexibility index (Phi) is 3.87. The molecule has 0 aliphatic rings. The first-order valence-corrected chi connectivity index (χ1v) is 5.40. The summed E-state index contributed by atoms with van der Waals surface area (Å²) in [6.45, 7) is 0. The minimum absolute atomic E-state index is 0.367. The molecule has 0 unspecified atom stereocenters. The van der Waals surface area contributed by atoms with Crippen molar-refractivity contribution >= 4 is 12.2 Å². The van der Waals surface area contributed by atoms with Crippen molar-refractivity contribution in [1.29, 1.82) is 0 Å². The standard InChI is InChI=1S/C12H12N4O3/c1-18-11-5-9(3-4-10(11)12(17)19-2)6-15-16-7-13-14-8-16/h3-8H,1-2H3/b15-6+. The summed E-state index contributed by atoms with van der Waals surface area (Å²) in [5.74, 6) is -0.0151. The van der Waals surface area contributed by atoms with Crippen LogP contribution in [0.3, 0.4) is 0 Å². The second-order valence-electron chi connectivity index (χ2n) is 3.54. The Morgan fingerprint density at radius 3 is 2.68 bits per heavy atom. The van der Waals surface area contributed by atoms with E-state index in [2.05, 4.69) is 20.0 Å². The van der Waals surface area contributed by atoms with Gasteiger partial charge in [-0.1, -0.05) is 6.07 Å². The van der Waals surface area contributed by atoms with Crippen LogP contribution in [-0.4, -0.2) is 41.3 Å². The highest BCUT2D eigenvalue weighted by Crippen LogP contribution is 2.20. The molecule has 0 bridgehead atoms. The molecular weight excluding hydrogens is 248 g/mol. The average molecular weight is 260 g/mol. The highest BCUT2D eigenvalue weighted by Gasteiger charge is 2.12. The fourth-order valence-corrected chi connectivity index (χ4v) is 1.45. The van der Waals surface area contributed by atoms with Crippen molar-refractivity contribution in [3.05, 3.63) is 42.0 Å². The van der Waals surface area contributed by atoms with Gasteiger partial charge in [0.05, 0.1) is 20.4 Å². The van der Waals surface area contributed by atoms with E-state index >= 15 is 0 Å². The van der Waals surface area contributed by atoms with Gasteiger partial charge in [-0.25, -0.2) is 9.47 Å². The molecule has 0 N–H and O–H groups in total. The molecule has 0 amide bonds. The lowest BCUT2D eigenvalue weighted by Crippen LogP contribution is -2.04. The molecule has 2 aromatic rings. The number of aromatic nitrogens is 3. The van der Waals surface area contributed by atoms with Crippen LogP contribution in [0.4, 0.5) is 0 Å². The molecule has 0 aliphatic heterocycles. The third kappa shape index (κ3) is 2.95. The van der Waals surface area contributed by atoms with Gasteiger partial charge in [-0.15, -0.1) is 10.2 Å². The zero-order chi connectivity index (χ0) is 13.7. The van der Waals surface area contributed by atoms with Crippen LogP contribution in [0.1, 0.15) is 15.9 Å². The normalized spacial score (nSPS) is 10.6. The minimum atomic E-state index is -0.445. The summed E-state index contributed by atoms with van der Waals surface area (Å²) in [4.78, 5) is 11.5. The van der Waals surface area contributed by atoms with Crippen molar-refractivity contribution < 1.29 is 14.3 Å². The molecule has 0 saturated heterocycles. The SMILES string of the molecule is COC(=O)c1ccc(/C=N/n2cnnc2)cc1OC. The maximum absolute atomic E-state index is 11.5. The van der Waals surface area contributed by atoms with Crippen LogP contribution in [0.15, 0.2) is 36.0 Å². The summed E-state index contributed by atoms with van der Waals surface area (Å²) >= 11 is 0. The number of hydrogen-bond acceptors (Lipinski definition) is 6. The van der Waals surface area contributed by atoms with E-state index in [4.69, 9.17) is 4.74 Å². The zero-order valence-corrected chi connectivity index (χ0v) is 10.5. The Morgan fingerprint density at radius 1 is 1.32 bits per heavy atom. The van der Waals surface area contributed by atoms with Gasteiger partial charge >= 0.3 is 5.97 Å². The van der Waals surface area contributed by atoms with Crippen molar-refractivity contribution in [1.82, 2.24) is 14.9 Å². The van der Waals surface area contributed by atoms with Crippen LogP contribution >= 0.6 is 0 Å². The van der Waals surface area contributed by atoms with Crippen molar-refractivity contribution in [3.63, 3.8) is 0 Å². The van der Waals surface area contributed by atoms with Gasteiger partial charge in [-0.3, -0.25) is 0 Å². The molecule has 1 heterocycles. The van der Waals surface area contributed by atoms with Gasteiger partial charge < -0.3 is 9.47 Å². The Hall–Kier alpha value is -2.70. The molecule has 7 heteroatoms. The van der Waals surface area contributed by atoms with Gasteiger partial charge in [-0.2, -0.15) is 5.10 Å².